The minimum absolute atomic E-state index is 0.454. The van der Waals surface area contributed by atoms with Crippen LogP contribution in [0.1, 0.15) is 37.8 Å². The smallest absolute Gasteiger partial charge is 0.138 e. The largest absolute Gasteiger partial charge is 0.494 e. The number of aryl methyl sites for hydroxylation is 1. The van der Waals surface area contributed by atoms with Crippen molar-refractivity contribution in [2.75, 3.05) is 6.61 Å². The zero-order valence-electron chi connectivity index (χ0n) is 12.0. The summed E-state index contributed by atoms with van der Waals surface area (Å²) in [5, 5.41) is 14.5. The standard InChI is InChI=1S/C15H21N3O2/c1-3-8-18-15(16-11-17-18)10-14(19)12-6-5-7-13(9-12)20-4-2/h5-7,9,11,14,19H,3-4,8,10H2,1-2H3. The van der Waals surface area contributed by atoms with Gasteiger partial charge < -0.3 is 9.84 Å². The molecule has 20 heavy (non-hydrogen) atoms. The van der Waals surface area contributed by atoms with Gasteiger partial charge in [0.1, 0.15) is 17.9 Å². The zero-order chi connectivity index (χ0) is 14.4. The molecule has 0 bridgehead atoms. The average Bonchev–Trinajstić information content (AvgIpc) is 2.87. The third kappa shape index (κ3) is 3.57. The number of hydrogen-bond donors (Lipinski definition) is 1. The summed E-state index contributed by atoms with van der Waals surface area (Å²) < 4.78 is 7.29. The van der Waals surface area contributed by atoms with Gasteiger partial charge in [-0.25, -0.2) is 4.98 Å². The van der Waals surface area contributed by atoms with E-state index in [2.05, 4.69) is 17.0 Å². The van der Waals surface area contributed by atoms with Gasteiger partial charge in [-0.15, -0.1) is 0 Å². The summed E-state index contributed by atoms with van der Waals surface area (Å²) in [4.78, 5) is 4.22. The van der Waals surface area contributed by atoms with Crippen LogP contribution in [0.2, 0.25) is 0 Å². The van der Waals surface area contributed by atoms with Crippen LogP contribution in [0.25, 0.3) is 0 Å². The fourth-order valence-corrected chi connectivity index (χ4v) is 2.11. The predicted octanol–water partition coefficient (Wildman–Crippen LogP) is 2.36. The Hall–Kier alpha value is -1.88. The monoisotopic (exact) mass is 275 g/mol. The third-order valence-electron chi connectivity index (χ3n) is 3.06. The summed E-state index contributed by atoms with van der Waals surface area (Å²) in [5.41, 5.74) is 0.835. The van der Waals surface area contributed by atoms with Crippen molar-refractivity contribution in [1.29, 1.82) is 0 Å². The van der Waals surface area contributed by atoms with Crippen LogP contribution in [0.15, 0.2) is 30.6 Å². The van der Waals surface area contributed by atoms with Crippen molar-refractivity contribution < 1.29 is 9.84 Å². The molecule has 1 N–H and O–H groups in total. The lowest BCUT2D eigenvalue weighted by Crippen LogP contribution is -2.10. The molecule has 108 valence electrons. The van der Waals surface area contributed by atoms with E-state index < -0.39 is 6.10 Å². The minimum Gasteiger partial charge on any atom is -0.494 e. The molecule has 5 heteroatoms. The Morgan fingerprint density at radius 1 is 1.35 bits per heavy atom. The van der Waals surface area contributed by atoms with Gasteiger partial charge in [0.05, 0.1) is 12.7 Å². The molecule has 0 spiro atoms. The maximum Gasteiger partial charge on any atom is 0.138 e. The number of ether oxygens (including phenoxy) is 1. The molecule has 0 radical (unpaired) electrons. The molecule has 1 heterocycles. The van der Waals surface area contributed by atoms with Gasteiger partial charge in [0.25, 0.3) is 0 Å². The summed E-state index contributed by atoms with van der Waals surface area (Å²) in [5.74, 6) is 1.58. The Balaban J connectivity index is 2.09. The number of benzene rings is 1. The van der Waals surface area contributed by atoms with Crippen molar-refractivity contribution in [1.82, 2.24) is 14.8 Å². The fraction of sp³-hybridized carbons (Fsp3) is 0.467. The van der Waals surface area contributed by atoms with Crippen LogP contribution < -0.4 is 4.74 Å². The van der Waals surface area contributed by atoms with Crippen molar-refractivity contribution in [3.05, 3.63) is 42.0 Å². The van der Waals surface area contributed by atoms with E-state index in [1.165, 1.54) is 6.33 Å². The first kappa shape index (κ1) is 14.5. The van der Waals surface area contributed by atoms with Gasteiger partial charge in [0.2, 0.25) is 0 Å². The van der Waals surface area contributed by atoms with Crippen molar-refractivity contribution in [3.8, 4) is 5.75 Å². The van der Waals surface area contributed by atoms with Crippen LogP contribution in [0.4, 0.5) is 0 Å². The molecule has 0 aliphatic heterocycles. The molecule has 0 saturated heterocycles. The van der Waals surface area contributed by atoms with E-state index in [1.54, 1.807) is 0 Å². The molecule has 1 aromatic heterocycles. The van der Waals surface area contributed by atoms with Crippen molar-refractivity contribution >= 4 is 0 Å². The number of hydrogen-bond acceptors (Lipinski definition) is 4. The molecule has 2 aromatic rings. The van der Waals surface area contributed by atoms with E-state index in [-0.39, 0.29) is 0 Å². The highest BCUT2D eigenvalue weighted by Crippen LogP contribution is 2.22. The second-order valence-electron chi connectivity index (χ2n) is 4.62. The van der Waals surface area contributed by atoms with Gasteiger partial charge in [0, 0.05) is 13.0 Å². The highest BCUT2D eigenvalue weighted by molar-refractivity contribution is 5.30. The fourth-order valence-electron chi connectivity index (χ4n) is 2.11. The van der Waals surface area contributed by atoms with Crippen LogP contribution in [-0.2, 0) is 13.0 Å². The van der Waals surface area contributed by atoms with Crippen molar-refractivity contribution in [2.24, 2.45) is 0 Å². The van der Waals surface area contributed by atoms with E-state index in [9.17, 15) is 5.11 Å². The van der Waals surface area contributed by atoms with Crippen LogP contribution in [0.3, 0.4) is 0 Å². The Morgan fingerprint density at radius 2 is 2.20 bits per heavy atom. The van der Waals surface area contributed by atoms with E-state index in [4.69, 9.17) is 4.74 Å². The Labute approximate surface area is 119 Å². The highest BCUT2D eigenvalue weighted by Gasteiger charge is 2.13. The lowest BCUT2D eigenvalue weighted by molar-refractivity contribution is 0.173. The summed E-state index contributed by atoms with van der Waals surface area (Å²) in [6, 6.07) is 7.54. The van der Waals surface area contributed by atoms with Gasteiger partial charge in [-0.05, 0) is 31.0 Å². The number of aromatic nitrogens is 3. The average molecular weight is 275 g/mol. The van der Waals surface area contributed by atoms with Crippen LogP contribution >= 0.6 is 0 Å². The van der Waals surface area contributed by atoms with E-state index in [0.29, 0.717) is 13.0 Å². The minimum atomic E-state index is -0.602. The molecule has 1 aromatic carbocycles. The maximum atomic E-state index is 10.3. The van der Waals surface area contributed by atoms with Crippen LogP contribution in [0, 0.1) is 0 Å². The van der Waals surface area contributed by atoms with Gasteiger partial charge in [-0.1, -0.05) is 19.1 Å². The molecule has 1 atom stereocenters. The highest BCUT2D eigenvalue weighted by atomic mass is 16.5. The zero-order valence-corrected chi connectivity index (χ0v) is 12.0. The lowest BCUT2D eigenvalue weighted by atomic mass is 10.1. The topological polar surface area (TPSA) is 60.2 Å². The Morgan fingerprint density at radius 3 is 2.95 bits per heavy atom. The molecule has 5 nitrogen and oxygen atoms in total. The molecule has 0 fully saturated rings. The molecular weight excluding hydrogens is 254 g/mol. The van der Waals surface area contributed by atoms with Crippen LogP contribution in [-0.4, -0.2) is 26.5 Å². The second-order valence-corrected chi connectivity index (χ2v) is 4.62. The van der Waals surface area contributed by atoms with Crippen molar-refractivity contribution in [3.63, 3.8) is 0 Å². The molecular formula is C15H21N3O2. The second kappa shape index (κ2) is 7.05. The SMILES string of the molecule is CCCn1ncnc1CC(O)c1cccc(OCC)c1. The molecule has 2 rings (SSSR count). The summed E-state index contributed by atoms with van der Waals surface area (Å²) >= 11 is 0. The Kier molecular flexibility index (Phi) is 5.12. The normalized spacial score (nSPS) is 12.3. The van der Waals surface area contributed by atoms with Crippen molar-refractivity contribution in [2.45, 2.75) is 39.3 Å². The number of aliphatic hydroxyl groups is 1. The number of rotatable bonds is 7. The third-order valence-corrected chi connectivity index (χ3v) is 3.06. The lowest BCUT2D eigenvalue weighted by Gasteiger charge is -2.13. The summed E-state index contributed by atoms with van der Waals surface area (Å²) in [7, 11) is 0. The molecule has 0 saturated carbocycles. The van der Waals surface area contributed by atoms with Crippen LogP contribution in [0.5, 0.6) is 5.75 Å². The maximum absolute atomic E-state index is 10.3. The van der Waals surface area contributed by atoms with Gasteiger partial charge in [-0.2, -0.15) is 5.10 Å². The summed E-state index contributed by atoms with van der Waals surface area (Å²) in [6.07, 6.45) is 2.38. The quantitative estimate of drug-likeness (QED) is 0.842. The Bertz CT molecular complexity index is 539. The first-order valence-electron chi connectivity index (χ1n) is 7.02. The van der Waals surface area contributed by atoms with E-state index >= 15 is 0 Å². The number of aliphatic hydroxyl groups excluding tert-OH is 1. The summed E-state index contributed by atoms with van der Waals surface area (Å²) in [6.45, 7) is 5.47. The van der Waals surface area contributed by atoms with Gasteiger partial charge in [-0.3, -0.25) is 4.68 Å². The molecule has 0 aliphatic carbocycles. The first-order chi connectivity index (χ1) is 9.74. The number of nitrogens with zero attached hydrogens (tertiary/aromatic N) is 3. The van der Waals surface area contributed by atoms with Gasteiger partial charge >= 0.3 is 0 Å². The molecule has 1 unspecified atom stereocenters. The molecule has 0 amide bonds. The first-order valence-corrected chi connectivity index (χ1v) is 7.02. The predicted molar refractivity (Wildman–Crippen MR) is 76.6 cm³/mol. The van der Waals surface area contributed by atoms with Gasteiger partial charge in [0.15, 0.2) is 0 Å². The van der Waals surface area contributed by atoms with E-state index in [1.807, 2.05) is 35.9 Å². The molecule has 0 aliphatic rings. The van der Waals surface area contributed by atoms with E-state index in [0.717, 1.165) is 30.1 Å².